The Morgan fingerprint density at radius 3 is 2.08 bits per heavy atom. The van der Waals surface area contributed by atoms with Gasteiger partial charge in [-0.25, -0.2) is 0 Å². The highest BCUT2D eigenvalue weighted by atomic mass is 32.1. The number of hydrogen-bond acceptors (Lipinski definition) is 3. The quantitative estimate of drug-likeness (QED) is 0.379. The molecule has 0 saturated heterocycles. The molecule has 70 valence electrons. The lowest BCUT2D eigenvalue weighted by atomic mass is 10.1. The summed E-state index contributed by atoms with van der Waals surface area (Å²) in [6.07, 6.45) is 4.28. The maximum absolute atomic E-state index is 10.7. The molecule has 0 atom stereocenters. The van der Waals surface area contributed by atoms with E-state index in [9.17, 15) is 9.59 Å². The van der Waals surface area contributed by atoms with E-state index in [4.69, 9.17) is 0 Å². The van der Waals surface area contributed by atoms with E-state index in [1.54, 1.807) is 0 Å². The molecule has 0 amide bonds. The minimum atomic E-state index is -0.621. The summed E-state index contributed by atoms with van der Waals surface area (Å²) in [6.45, 7) is 0. The summed E-state index contributed by atoms with van der Waals surface area (Å²) >= 11 is 7.50. The van der Waals surface area contributed by atoms with Crippen LogP contribution in [0.1, 0.15) is 32.1 Å². The van der Waals surface area contributed by atoms with Crippen molar-refractivity contribution in [2.75, 3.05) is 5.75 Å². The number of thiol groups is 2. The fourth-order valence-corrected chi connectivity index (χ4v) is 1.19. The van der Waals surface area contributed by atoms with E-state index in [-0.39, 0.29) is 5.78 Å². The Bertz CT molecular complexity index is 157. The first-order valence-electron chi connectivity index (χ1n) is 4.05. The van der Waals surface area contributed by atoms with Crippen LogP contribution in [0, 0.1) is 0 Å². The predicted octanol–water partition coefficient (Wildman–Crippen LogP) is 1.89. The van der Waals surface area contributed by atoms with Gasteiger partial charge in [-0.05, 0) is 18.6 Å². The number of Topliss-reactive ketones (excluding diaryl/α,β-unsaturated/α-hetero) is 1. The Kier molecular flexibility index (Phi) is 7.70. The van der Waals surface area contributed by atoms with Gasteiger partial charge in [0.2, 0.25) is 5.78 Å². The van der Waals surface area contributed by atoms with Crippen LogP contribution in [0.4, 0.5) is 0 Å². The first-order valence-corrected chi connectivity index (χ1v) is 5.13. The fourth-order valence-electron chi connectivity index (χ4n) is 0.858. The lowest BCUT2D eigenvalue weighted by Crippen LogP contribution is -2.06. The van der Waals surface area contributed by atoms with E-state index in [0.29, 0.717) is 6.42 Å². The first kappa shape index (κ1) is 12.0. The van der Waals surface area contributed by atoms with Gasteiger partial charge in [-0.1, -0.05) is 25.5 Å². The van der Waals surface area contributed by atoms with Gasteiger partial charge in [-0.15, -0.1) is 0 Å². The van der Waals surface area contributed by atoms with Crippen molar-refractivity contribution in [3.63, 3.8) is 0 Å². The minimum Gasteiger partial charge on any atom is -0.290 e. The van der Waals surface area contributed by atoms with Crippen molar-refractivity contribution in [1.29, 1.82) is 0 Å². The van der Waals surface area contributed by atoms with Crippen LogP contribution in [-0.4, -0.2) is 16.7 Å². The number of carbonyl (C=O) groups excluding carboxylic acids is 2. The van der Waals surface area contributed by atoms with E-state index in [0.717, 1.165) is 31.4 Å². The zero-order valence-corrected chi connectivity index (χ0v) is 8.74. The molecule has 0 aromatic rings. The van der Waals surface area contributed by atoms with Crippen LogP contribution in [0.15, 0.2) is 0 Å². The highest BCUT2D eigenvalue weighted by Crippen LogP contribution is 2.04. The molecule has 0 saturated carbocycles. The van der Waals surface area contributed by atoms with Crippen molar-refractivity contribution >= 4 is 36.2 Å². The second-order valence-corrected chi connectivity index (χ2v) is 3.47. The largest absolute Gasteiger partial charge is 0.290 e. The molecule has 0 aliphatic heterocycles. The molecule has 0 aliphatic rings. The molecule has 0 aliphatic carbocycles. The van der Waals surface area contributed by atoms with Crippen LogP contribution in [0.25, 0.3) is 0 Å². The SMILES string of the molecule is O=C(S)C(=O)CCCCCCS. The summed E-state index contributed by atoms with van der Waals surface area (Å²) < 4.78 is 0. The van der Waals surface area contributed by atoms with Gasteiger partial charge in [0.05, 0.1) is 0 Å². The molecule has 0 spiro atoms. The maximum Gasteiger partial charge on any atom is 0.251 e. The Labute approximate surface area is 83.9 Å². The van der Waals surface area contributed by atoms with Crippen LogP contribution in [0.5, 0.6) is 0 Å². The van der Waals surface area contributed by atoms with Crippen LogP contribution in [0.3, 0.4) is 0 Å². The molecule has 0 fully saturated rings. The lowest BCUT2D eigenvalue weighted by molar-refractivity contribution is -0.131. The summed E-state index contributed by atoms with van der Waals surface area (Å²) in [4.78, 5) is 21.1. The number of carbonyl (C=O) groups is 2. The minimum absolute atomic E-state index is 0.342. The van der Waals surface area contributed by atoms with E-state index in [1.807, 2.05) is 0 Å². The molecular formula is C8H14O2S2. The third-order valence-corrected chi connectivity index (χ3v) is 2.12. The predicted molar refractivity (Wildman–Crippen MR) is 55.9 cm³/mol. The zero-order valence-electron chi connectivity index (χ0n) is 6.95. The highest BCUT2D eigenvalue weighted by molar-refractivity contribution is 7.98. The van der Waals surface area contributed by atoms with Crippen LogP contribution in [0.2, 0.25) is 0 Å². The average molecular weight is 206 g/mol. The van der Waals surface area contributed by atoms with Crippen LogP contribution >= 0.6 is 25.3 Å². The molecule has 0 rings (SSSR count). The molecule has 12 heavy (non-hydrogen) atoms. The topological polar surface area (TPSA) is 34.1 Å². The molecule has 0 unspecified atom stereocenters. The lowest BCUT2D eigenvalue weighted by Gasteiger charge is -1.96. The second kappa shape index (κ2) is 7.68. The summed E-state index contributed by atoms with van der Waals surface area (Å²) in [7, 11) is 0. The highest BCUT2D eigenvalue weighted by Gasteiger charge is 2.06. The molecular weight excluding hydrogens is 192 g/mol. The third kappa shape index (κ3) is 6.73. The first-order chi connectivity index (χ1) is 5.68. The van der Waals surface area contributed by atoms with Gasteiger partial charge in [-0.2, -0.15) is 12.6 Å². The Balaban J connectivity index is 3.20. The summed E-state index contributed by atoms with van der Waals surface area (Å²) in [5.41, 5.74) is 0. The normalized spacial score (nSPS) is 9.83. The van der Waals surface area contributed by atoms with E-state index >= 15 is 0 Å². The van der Waals surface area contributed by atoms with Crippen molar-refractivity contribution in [1.82, 2.24) is 0 Å². The second-order valence-electron chi connectivity index (χ2n) is 2.62. The molecule has 2 nitrogen and oxygen atoms in total. The Morgan fingerprint density at radius 1 is 1.00 bits per heavy atom. The average Bonchev–Trinajstić information content (AvgIpc) is 2.03. The van der Waals surface area contributed by atoms with Crippen molar-refractivity contribution in [2.45, 2.75) is 32.1 Å². The number of ketones is 1. The fraction of sp³-hybridized carbons (Fsp3) is 0.750. The molecule has 0 bridgehead atoms. The van der Waals surface area contributed by atoms with Crippen molar-refractivity contribution in [3.8, 4) is 0 Å². The smallest absolute Gasteiger partial charge is 0.251 e. The van der Waals surface area contributed by atoms with E-state index < -0.39 is 5.12 Å². The van der Waals surface area contributed by atoms with Gasteiger partial charge < -0.3 is 0 Å². The molecule has 0 aromatic heterocycles. The molecule has 0 radical (unpaired) electrons. The van der Waals surface area contributed by atoms with Crippen LogP contribution < -0.4 is 0 Å². The standard InChI is InChI=1S/C8H14O2S2/c9-7(8(10)12)5-3-1-2-4-6-11/h11H,1-6H2,(H,10,12). The monoisotopic (exact) mass is 206 g/mol. The molecule has 0 N–H and O–H groups in total. The van der Waals surface area contributed by atoms with E-state index in [2.05, 4.69) is 25.3 Å². The molecule has 0 aromatic carbocycles. The van der Waals surface area contributed by atoms with Gasteiger partial charge in [0, 0.05) is 6.42 Å². The Morgan fingerprint density at radius 2 is 1.58 bits per heavy atom. The summed E-state index contributed by atoms with van der Waals surface area (Å²) in [5.74, 6) is 0.517. The maximum atomic E-state index is 10.7. The number of hydrogen-bond donors (Lipinski definition) is 2. The van der Waals surface area contributed by atoms with Gasteiger partial charge in [0.1, 0.15) is 0 Å². The summed E-state index contributed by atoms with van der Waals surface area (Å²) in [6, 6.07) is 0. The molecule has 0 heterocycles. The van der Waals surface area contributed by atoms with Gasteiger partial charge in [-0.3, -0.25) is 9.59 Å². The van der Waals surface area contributed by atoms with Gasteiger partial charge in [0.15, 0.2) is 0 Å². The van der Waals surface area contributed by atoms with Gasteiger partial charge >= 0.3 is 0 Å². The van der Waals surface area contributed by atoms with Crippen molar-refractivity contribution < 1.29 is 9.59 Å². The number of unbranched alkanes of at least 4 members (excludes halogenated alkanes) is 3. The van der Waals surface area contributed by atoms with Crippen molar-refractivity contribution in [2.24, 2.45) is 0 Å². The molecule has 4 heteroatoms. The van der Waals surface area contributed by atoms with E-state index in [1.165, 1.54) is 0 Å². The summed E-state index contributed by atoms with van der Waals surface area (Å²) in [5, 5.41) is -0.621. The van der Waals surface area contributed by atoms with Crippen molar-refractivity contribution in [3.05, 3.63) is 0 Å². The van der Waals surface area contributed by atoms with Gasteiger partial charge in [0.25, 0.3) is 5.12 Å². The van der Waals surface area contributed by atoms with Crippen LogP contribution in [-0.2, 0) is 9.59 Å². The Hall–Kier alpha value is 0.0400. The number of rotatable bonds is 7. The third-order valence-electron chi connectivity index (χ3n) is 1.55. The zero-order chi connectivity index (χ0) is 9.40.